The van der Waals surface area contributed by atoms with Crippen LogP contribution in [-0.4, -0.2) is 38.3 Å². The van der Waals surface area contributed by atoms with Gasteiger partial charge in [-0.3, -0.25) is 4.79 Å². The van der Waals surface area contributed by atoms with Crippen molar-refractivity contribution in [2.45, 2.75) is 13.3 Å². The number of amides is 1. The molecule has 22 heavy (non-hydrogen) atoms. The monoisotopic (exact) mass is 304 g/mol. The molecule has 6 heteroatoms. The van der Waals surface area contributed by atoms with Crippen LogP contribution in [0.4, 0.5) is 0 Å². The third kappa shape index (κ3) is 3.85. The second-order valence-electron chi connectivity index (χ2n) is 4.75. The molecule has 0 bridgehead atoms. The molecular weight excluding hydrogens is 284 g/mol. The number of nitrogens with zero attached hydrogens (tertiary/aromatic N) is 1. The summed E-state index contributed by atoms with van der Waals surface area (Å²) in [5.74, 6) is 1.43. The molecule has 0 saturated heterocycles. The number of hydrogen-bond acceptors (Lipinski definition) is 5. The molecule has 0 saturated carbocycles. The lowest BCUT2D eigenvalue weighted by molar-refractivity contribution is 0.0943. The Kier molecular flexibility index (Phi) is 5.55. The number of oxazole rings is 1. The van der Waals surface area contributed by atoms with Crippen molar-refractivity contribution in [3.8, 4) is 17.2 Å². The van der Waals surface area contributed by atoms with Crippen molar-refractivity contribution >= 4 is 5.91 Å². The summed E-state index contributed by atoms with van der Waals surface area (Å²) in [6.07, 6.45) is 0.754. The third-order valence-electron chi connectivity index (χ3n) is 3.16. The minimum absolute atomic E-state index is 0.239. The number of carbonyl (C=O) groups is 1. The summed E-state index contributed by atoms with van der Waals surface area (Å²) in [5.41, 5.74) is 1.10. The normalized spacial score (nSPS) is 10.5. The highest BCUT2D eigenvalue weighted by Gasteiger charge is 2.17. The van der Waals surface area contributed by atoms with E-state index in [-0.39, 0.29) is 5.91 Å². The molecule has 0 aliphatic heterocycles. The van der Waals surface area contributed by atoms with Crippen molar-refractivity contribution in [3.05, 3.63) is 35.7 Å². The lowest BCUT2D eigenvalue weighted by atomic mass is 10.2. The van der Waals surface area contributed by atoms with Gasteiger partial charge in [-0.2, -0.15) is 0 Å². The van der Waals surface area contributed by atoms with Crippen LogP contribution in [0.2, 0.25) is 0 Å². The third-order valence-corrected chi connectivity index (χ3v) is 3.16. The Morgan fingerprint density at radius 2 is 2.00 bits per heavy atom. The topological polar surface area (TPSA) is 73.6 Å². The van der Waals surface area contributed by atoms with Gasteiger partial charge in [0.15, 0.2) is 5.69 Å². The number of hydrogen-bond donors (Lipinski definition) is 1. The maximum Gasteiger partial charge on any atom is 0.273 e. The Labute approximate surface area is 129 Å². The van der Waals surface area contributed by atoms with Crippen molar-refractivity contribution in [2.24, 2.45) is 0 Å². The molecular formula is C16H20N2O4. The Hall–Kier alpha value is -2.34. The van der Waals surface area contributed by atoms with Crippen molar-refractivity contribution in [2.75, 3.05) is 27.4 Å². The first kappa shape index (κ1) is 16.0. The van der Waals surface area contributed by atoms with Gasteiger partial charge < -0.3 is 19.2 Å². The first-order valence-electron chi connectivity index (χ1n) is 7.04. The molecule has 1 N–H and O–H groups in total. The van der Waals surface area contributed by atoms with Crippen molar-refractivity contribution in [3.63, 3.8) is 0 Å². The van der Waals surface area contributed by atoms with E-state index in [1.54, 1.807) is 21.1 Å². The van der Waals surface area contributed by atoms with E-state index in [9.17, 15) is 4.79 Å². The smallest absolute Gasteiger partial charge is 0.273 e. The first-order chi connectivity index (χ1) is 10.7. The molecule has 6 nitrogen and oxygen atoms in total. The maximum absolute atomic E-state index is 12.1. The molecule has 2 aromatic rings. The zero-order valence-corrected chi connectivity index (χ0v) is 13.0. The largest absolute Gasteiger partial charge is 0.497 e. The quantitative estimate of drug-likeness (QED) is 0.795. The summed E-state index contributed by atoms with van der Waals surface area (Å²) in [5, 5.41) is 2.80. The Morgan fingerprint density at radius 3 is 2.64 bits per heavy atom. The molecule has 1 heterocycles. The van der Waals surface area contributed by atoms with Crippen molar-refractivity contribution < 1.29 is 18.7 Å². The van der Waals surface area contributed by atoms with Gasteiger partial charge >= 0.3 is 0 Å². The molecule has 0 atom stereocenters. The summed E-state index contributed by atoms with van der Waals surface area (Å²) in [6.45, 7) is 2.87. The highest BCUT2D eigenvalue weighted by atomic mass is 16.5. The number of carbonyl (C=O) groups excluding carboxylic acids is 1. The van der Waals surface area contributed by atoms with E-state index in [2.05, 4.69) is 10.3 Å². The van der Waals surface area contributed by atoms with Gasteiger partial charge in [0.05, 0.1) is 7.11 Å². The van der Waals surface area contributed by atoms with Crippen LogP contribution in [0.25, 0.3) is 11.5 Å². The summed E-state index contributed by atoms with van der Waals surface area (Å²) in [4.78, 5) is 16.4. The minimum atomic E-state index is -0.239. The fraction of sp³-hybridized carbons (Fsp3) is 0.375. The molecule has 0 spiro atoms. The highest BCUT2D eigenvalue weighted by Crippen LogP contribution is 2.23. The van der Waals surface area contributed by atoms with Crippen molar-refractivity contribution in [1.82, 2.24) is 10.3 Å². The van der Waals surface area contributed by atoms with Gasteiger partial charge in [0, 0.05) is 25.8 Å². The van der Waals surface area contributed by atoms with Gasteiger partial charge in [-0.1, -0.05) is 0 Å². The average molecular weight is 304 g/mol. The Balaban J connectivity index is 2.08. The van der Waals surface area contributed by atoms with E-state index in [4.69, 9.17) is 13.9 Å². The van der Waals surface area contributed by atoms with Gasteiger partial charge in [0.1, 0.15) is 11.5 Å². The number of rotatable bonds is 7. The zero-order chi connectivity index (χ0) is 15.9. The number of aromatic nitrogens is 1. The number of methoxy groups -OCH3 is 2. The minimum Gasteiger partial charge on any atom is -0.497 e. The second kappa shape index (κ2) is 7.61. The molecule has 1 aromatic carbocycles. The summed E-state index contributed by atoms with van der Waals surface area (Å²) in [7, 11) is 3.24. The molecule has 1 aromatic heterocycles. The van der Waals surface area contributed by atoms with Crippen LogP contribution in [0.5, 0.6) is 5.75 Å². The van der Waals surface area contributed by atoms with Crippen LogP contribution in [0.1, 0.15) is 22.7 Å². The lowest BCUT2D eigenvalue weighted by Gasteiger charge is -2.02. The van der Waals surface area contributed by atoms with Gasteiger partial charge in [0.2, 0.25) is 5.89 Å². The van der Waals surface area contributed by atoms with E-state index < -0.39 is 0 Å². The van der Waals surface area contributed by atoms with Gasteiger partial charge in [-0.05, 0) is 37.6 Å². The van der Waals surface area contributed by atoms with Crippen LogP contribution in [0.3, 0.4) is 0 Å². The molecule has 1 amide bonds. The Morgan fingerprint density at radius 1 is 1.27 bits per heavy atom. The van der Waals surface area contributed by atoms with E-state index in [1.807, 2.05) is 24.3 Å². The van der Waals surface area contributed by atoms with Crippen LogP contribution < -0.4 is 10.1 Å². The van der Waals surface area contributed by atoms with Crippen LogP contribution in [-0.2, 0) is 4.74 Å². The predicted octanol–water partition coefficient (Wildman–Crippen LogP) is 2.42. The van der Waals surface area contributed by atoms with E-state index in [1.165, 1.54) is 0 Å². The molecule has 0 fully saturated rings. The highest BCUT2D eigenvalue weighted by molar-refractivity contribution is 5.93. The zero-order valence-electron chi connectivity index (χ0n) is 13.0. The van der Waals surface area contributed by atoms with Gasteiger partial charge in [-0.25, -0.2) is 4.98 Å². The van der Waals surface area contributed by atoms with E-state index in [0.29, 0.717) is 30.5 Å². The lowest BCUT2D eigenvalue weighted by Crippen LogP contribution is -2.26. The molecule has 118 valence electrons. The van der Waals surface area contributed by atoms with Crippen LogP contribution in [0, 0.1) is 6.92 Å². The molecule has 2 rings (SSSR count). The van der Waals surface area contributed by atoms with Gasteiger partial charge in [-0.15, -0.1) is 0 Å². The molecule has 0 aliphatic carbocycles. The summed E-state index contributed by atoms with van der Waals surface area (Å²) >= 11 is 0. The second-order valence-corrected chi connectivity index (χ2v) is 4.75. The number of ether oxygens (including phenoxy) is 2. The molecule has 0 unspecified atom stereocenters. The molecule has 0 radical (unpaired) electrons. The standard InChI is InChI=1S/C16H20N2O4/c1-11-14(15(19)17-9-4-10-20-2)18-16(22-11)12-5-7-13(21-3)8-6-12/h5-8H,4,9-10H2,1-3H3,(H,17,19). The van der Waals surface area contributed by atoms with Crippen LogP contribution >= 0.6 is 0 Å². The predicted molar refractivity (Wildman–Crippen MR) is 82.1 cm³/mol. The SMILES string of the molecule is COCCCNC(=O)c1nc(-c2ccc(OC)cc2)oc1C. The van der Waals surface area contributed by atoms with E-state index >= 15 is 0 Å². The first-order valence-corrected chi connectivity index (χ1v) is 7.04. The number of nitrogens with one attached hydrogen (secondary N) is 1. The fourth-order valence-corrected chi connectivity index (χ4v) is 1.97. The van der Waals surface area contributed by atoms with E-state index in [0.717, 1.165) is 17.7 Å². The van der Waals surface area contributed by atoms with Crippen LogP contribution in [0.15, 0.2) is 28.7 Å². The van der Waals surface area contributed by atoms with Gasteiger partial charge in [0.25, 0.3) is 5.91 Å². The van der Waals surface area contributed by atoms with Crippen molar-refractivity contribution in [1.29, 1.82) is 0 Å². The summed E-state index contributed by atoms with van der Waals surface area (Å²) < 4.78 is 15.6. The number of aryl methyl sites for hydroxylation is 1. The fourth-order valence-electron chi connectivity index (χ4n) is 1.97. The summed E-state index contributed by atoms with van der Waals surface area (Å²) in [6, 6.07) is 7.31. The average Bonchev–Trinajstić information content (AvgIpc) is 2.93. The maximum atomic E-state index is 12.1. The molecule has 0 aliphatic rings. The Bertz CT molecular complexity index is 620. The number of benzene rings is 1.